The first-order chi connectivity index (χ1) is 12.0. The summed E-state index contributed by atoms with van der Waals surface area (Å²) >= 11 is 0. The number of urea groups is 1. The molecule has 2 aromatic carbocycles. The lowest BCUT2D eigenvalue weighted by atomic mass is 10.1. The molecular weight excluding hydrogens is 328 g/mol. The van der Waals surface area contributed by atoms with Crippen molar-refractivity contribution in [1.82, 2.24) is 5.43 Å². The Balaban J connectivity index is 2.09. The number of non-ortho nitro benzene ring substituents is 1. The maximum absolute atomic E-state index is 10.6. The zero-order chi connectivity index (χ0) is 18.2. The van der Waals surface area contributed by atoms with E-state index in [1.807, 2.05) is 0 Å². The van der Waals surface area contributed by atoms with Gasteiger partial charge in [-0.25, -0.2) is 10.2 Å². The van der Waals surface area contributed by atoms with Crippen LogP contribution in [0.2, 0.25) is 0 Å². The van der Waals surface area contributed by atoms with E-state index in [2.05, 4.69) is 10.5 Å². The van der Waals surface area contributed by atoms with Crippen molar-refractivity contribution in [3.8, 4) is 11.5 Å². The first kappa shape index (κ1) is 17.7. The number of hydrogen-bond acceptors (Lipinski definition) is 6. The monoisotopic (exact) mass is 344 g/mol. The second-order valence-corrected chi connectivity index (χ2v) is 4.85. The second kappa shape index (κ2) is 8.29. The Morgan fingerprint density at radius 3 is 2.64 bits per heavy atom. The van der Waals surface area contributed by atoms with Crippen LogP contribution in [0.5, 0.6) is 11.5 Å². The Hall–Kier alpha value is -3.62. The first-order valence-corrected chi connectivity index (χ1v) is 7.12. The van der Waals surface area contributed by atoms with Gasteiger partial charge in [-0.15, -0.1) is 0 Å². The van der Waals surface area contributed by atoms with Crippen LogP contribution in [-0.4, -0.2) is 24.3 Å². The minimum absolute atomic E-state index is 0.00918. The van der Waals surface area contributed by atoms with E-state index >= 15 is 0 Å². The number of nitrogens with one attached hydrogen (secondary N) is 1. The van der Waals surface area contributed by atoms with Gasteiger partial charge in [0.1, 0.15) is 18.1 Å². The largest absolute Gasteiger partial charge is 0.496 e. The number of benzene rings is 2. The lowest BCUT2D eigenvalue weighted by Gasteiger charge is -2.11. The van der Waals surface area contributed by atoms with E-state index in [0.29, 0.717) is 17.1 Å². The molecule has 0 spiro atoms. The molecular formula is C16H16N4O5. The number of ether oxygens (including phenoxy) is 2. The number of nitrogens with zero attached hydrogens (tertiary/aromatic N) is 2. The van der Waals surface area contributed by atoms with Gasteiger partial charge < -0.3 is 15.2 Å². The summed E-state index contributed by atoms with van der Waals surface area (Å²) in [5.74, 6) is 1.10. The van der Waals surface area contributed by atoms with Crippen molar-refractivity contribution in [3.63, 3.8) is 0 Å². The third-order valence-electron chi connectivity index (χ3n) is 3.13. The van der Waals surface area contributed by atoms with Crippen LogP contribution >= 0.6 is 0 Å². The van der Waals surface area contributed by atoms with Gasteiger partial charge in [0.25, 0.3) is 5.69 Å². The zero-order valence-electron chi connectivity index (χ0n) is 13.3. The van der Waals surface area contributed by atoms with Crippen molar-refractivity contribution in [2.24, 2.45) is 10.8 Å². The Morgan fingerprint density at radius 2 is 2.04 bits per heavy atom. The molecule has 2 amide bonds. The molecule has 0 aliphatic heterocycles. The zero-order valence-corrected chi connectivity index (χ0v) is 13.3. The fourth-order valence-corrected chi connectivity index (χ4v) is 1.99. The molecule has 0 radical (unpaired) electrons. The molecule has 0 aromatic heterocycles. The minimum atomic E-state index is -0.758. The summed E-state index contributed by atoms with van der Waals surface area (Å²) in [7, 11) is 1.53. The maximum Gasteiger partial charge on any atom is 0.332 e. The molecule has 0 fully saturated rings. The molecule has 0 unspecified atom stereocenters. The molecule has 9 nitrogen and oxygen atoms in total. The van der Waals surface area contributed by atoms with Crippen LogP contribution in [0, 0.1) is 10.1 Å². The number of primary amides is 1. The van der Waals surface area contributed by atoms with Gasteiger partial charge in [-0.2, -0.15) is 5.10 Å². The Bertz CT molecular complexity index is 790. The summed E-state index contributed by atoms with van der Waals surface area (Å²) in [6, 6.07) is 10.3. The second-order valence-electron chi connectivity index (χ2n) is 4.85. The van der Waals surface area contributed by atoms with E-state index in [0.717, 1.165) is 5.56 Å². The van der Waals surface area contributed by atoms with E-state index in [1.54, 1.807) is 18.2 Å². The average molecular weight is 344 g/mol. The minimum Gasteiger partial charge on any atom is -0.496 e. The van der Waals surface area contributed by atoms with Crippen molar-refractivity contribution >= 4 is 17.9 Å². The topological polar surface area (TPSA) is 129 Å². The average Bonchev–Trinajstić information content (AvgIpc) is 2.60. The maximum atomic E-state index is 10.6. The molecule has 0 heterocycles. The first-order valence-electron chi connectivity index (χ1n) is 7.12. The number of carbonyl (C=O) groups excluding carboxylic acids is 1. The van der Waals surface area contributed by atoms with E-state index in [1.165, 1.54) is 37.6 Å². The van der Waals surface area contributed by atoms with Gasteiger partial charge in [0.05, 0.1) is 18.2 Å². The predicted molar refractivity (Wildman–Crippen MR) is 90.7 cm³/mol. The molecule has 25 heavy (non-hydrogen) atoms. The lowest BCUT2D eigenvalue weighted by molar-refractivity contribution is -0.384. The smallest absolute Gasteiger partial charge is 0.332 e. The van der Waals surface area contributed by atoms with Gasteiger partial charge in [0.15, 0.2) is 0 Å². The summed E-state index contributed by atoms with van der Waals surface area (Å²) < 4.78 is 10.9. The van der Waals surface area contributed by atoms with Crippen molar-refractivity contribution in [1.29, 1.82) is 0 Å². The predicted octanol–water partition coefficient (Wildman–Crippen LogP) is 2.18. The molecule has 130 valence electrons. The number of amides is 2. The number of methoxy groups -OCH3 is 1. The summed E-state index contributed by atoms with van der Waals surface area (Å²) in [5.41, 5.74) is 8.47. The van der Waals surface area contributed by atoms with Crippen LogP contribution in [0.25, 0.3) is 0 Å². The summed E-state index contributed by atoms with van der Waals surface area (Å²) in [6.07, 6.45) is 1.43. The summed E-state index contributed by atoms with van der Waals surface area (Å²) in [4.78, 5) is 20.8. The summed E-state index contributed by atoms with van der Waals surface area (Å²) in [5, 5.41) is 14.3. The molecule has 0 atom stereocenters. The van der Waals surface area contributed by atoms with Crippen LogP contribution in [-0.2, 0) is 6.61 Å². The lowest BCUT2D eigenvalue weighted by Crippen LogP contribution is -2.24. The third kappa shape index (κ3) is 5.20. The van der Waals surface area contributed by atoms with E-state index < -0.39 is 11.0 Å². The van der Waals surface area contributed by atoms with Crippen molar-refractivity contribution < 1.29 is 19.2 Å². The fourth-order valence-electron chi connectivity index (χ4n) is 1.99. The number of carbonyl (C=O) groups is 1. The standard InChI is InChI=1S/C16H16N4O5/c1-24-15-7-2-11(9-18-19-16(17)21)8-12(15)10-25-14-5-3-13(4-6-14)20(22)23/h2-9H,10H2,1H3,(H3,17,19,21). The van der Waals surface area contributed by atoms with Crippen LogP contribution < -0.4 is 20.6 Å². The molecule has 0 saturated heterocycles. The Morgan fingerprint density at radius 1 is 1.32 bits per heavy atom. The number of nitro groups is 1. The number of hydrogen-bond donors (Lipinski definition) is 2. The van der Waals surface area contributed by atoms with Crippen molar-refractivity contribution in [3.05, 3.63) is 63.7 Å². The van der Waals surface area contributed by atoms with Crippen LogP contribution in [0.3, 0.4) is 0 Å². The fraction of sp³-hybridized carbons (Fsp3) is 0.125. The van der Waals surface area contributed by atoms with Crippen molar-refractivity contribution in [2.75, 3.05) is 7.11 Å². The van der Waals surface area contributed by atoms with E-state index in [9.17, 15) is 14.9 Å². The molecule has 3 N–H and O–H groups in total. The van der Waals surface area contributed by atoms with E-state index in [-0.39, 0.29) is 12.3 Å². The van der Waals surface area contributed by atoms with Crippen LogP contribution in [0.1, 0.15) is 11.1 Å². The van der Waals surface area contributed by atoms with Gasteiger partial charge in [-0.1, -0.05) is 0 Å². The molecule has 0 aliphatic rings. The molecule has 2 aromatic rings. The molecule has 2 rings (SSSR count). The van der Waals surface area contributed by atoms with E-state index in [4.69, 9.17) is 15.2 Å². The highest BCUT2D eigenvalue weighted by Crippen LogP contribution is 2.23. The highest BCUT2D eigenvalue weighted by atomic mass is 16.6. The third-order valence-corrected chi connectivity index (χ3v) is 3.13. The van der Waals surface area contributed by atoms with Gasteiger partial charge in [0, 0.05) is 17.7 Å². The van der Waals surface area contributed by atoms with Crippen molar-refractivity contribution in [2.45, 2.75) is 6.61 Å². The molecule has 0 saturated carbocycles. The number of hydrazone groups is 1. The van der Waals surface area contributed by atoms with Gasteiger partial charge >= 0.3 is 6.03 Å². The van der Waals surface area contributed by atoms with Gasteiger partial charge in [0.2, 0.25) is 0 Å². The van der Waals surface area contributed by atoms with Crippen LogP contribution in [0.15, 0.2) is 47.6 Å². The Kier molecular flexibility index (Phi) is 5.88. The highest BCUT2D eigenvalue weighted by Gasteiger charge is 2.07. The Labute approximate surface area is 143 Å². The normalized spacial score (nSPS) is 10.4. The quantitative estimate of drug-likeness (QED) is 0.452. The highest BCUT2D eigenvalue weighted by molar-refractivity contribution is 5.82. The SMILES string of the molecule is COc1ccc(C=NNC(N)=O)cc1COc1ccc([N+](=O)[O-])cc1. The summed E-state index contributed by atoms with van der Waals surface area (Å²) in [6.45, 7) is 0.186. The molecule has 0 bridgehead atoms. The number of rotatable bonds is 7. The van der Waals surface area contributed by atoms with Gasteiger partial charge in [-0.05, 0) is 35.9 Å². The number of nitro benzene ring substituents is 1. The van der Waals surface area contributed by atoms with Gasteiger partial charge in [-0.3, -0.25) is 10.1 Å². The molecule has 9 heteroatoms. The molecule has 0 aliphatic carbocycles. The number of nitrogens with two attached hydrogens (primary N) is 1. The van der Waals surface area contributed by atoms with Crippen LogP contribution in [0.4, 0.5) is 10.5 Å².